The molecule has 1 heterocycles. The molecule has 1 rings (SSSR count). The Balaban J connectivity index is 2.20. The topological polar surface area (TPSA) is 60.2 Å². The van der Waals surface area contributed by atoms with Gasteiger partial charge in [0.2, 0.25) is 5.89 Å². The molecule has 0 aromatic carbocycles. The third kappa shape index (κ3) is 3.85. The van der Waals surface area contributed by atoms with Crippen LogP contribution in [0.4, 0.5) is 0 Å². The Hall–Kier alpha value is -0.940. The van der Waals surface area contributed by atoms with Crippen LogP contribution in [0, 0.1) is 6.92 Å². The van der Waals surface area contributed by atoms with E-state index in [1.165, 1.54) is 0 Å². The van der Waals surface area contributed by atoms with E-state index in [1.807, 2.05) is 0 Å². The lowest BCUT2D eigenvalue weighted by Gasteiger charge is -2.10. The highest BCUT2D eigenvalue weighted by atomic mass is 16.5. The molecule has 80 valence electrons. The van der Waals surface area contributed by atoms with E-state index in [-0.39, 0.29) is 0 Å². The first-order valence-electron chi connectivity index (χ1n) is 4.74. The molecule has 0 radical (unpaired) electrons. The molecule has 1 atom stereocenters. The molecule has 0 saturated heterocycles. The fourth-order valence-electron chi connectivity index (χ4n) is 1.07. The number of ether oxygens (including phenoxy) is 1. The van der Waals surface area contributed by atoms with Crippen molar-refractivity contribution in [3.63, 3.8) is 0 Å². The van der Waals surface area contributed by atoms with Crippen LogP contribution in [0.2, 0.25) is 0 Å². The van der Waals surface area contributed by atoms with E-state index < -0.39 is 0 Å². The van der Waals surface area contributed by atoms with Crippen molar-refractivity contribution in [2.24, 2.45) is 0 Å². The number of nitrogens with zero attached hydrogens (tertiary/aromatic N) is 2. The maximum absolute atomic E-state index is 4.98. The summed E-state index contributed by atoms with van der Waals surface area (Å²) >= 11 is 0. The van der Waals surface area contributed by atoms with Gasteiger partial charge in [-0.25, -0.2) is 0 Å². The number of hydrogen-bond acceptors (Lipinski definition) is 5. The van der Waals surface area contributed by atoms with Gasteiger partial charge < -0.3 is 14.6 Å². The van der Waals surface area contributed by atoms with Crippen LogP contribution in [0.1, 0.15) is 25.1 Å². The van der Waals surface area contributed by atoms with E-state index in [9.17, 15) is 0 Å². The van der Waals surface area contributed by atoms with Crippen molar-refractivity contribution in [3.8, 4) is 0 Å². The van der Waals surface area contributed by atoms with Gasteiger partial charge in [-0.3, -0.25) is 0 Å². The maximum Gasteiger partial charge on any atom is 0.240 e. The number of aryl methyl sites for hydroxylation is 1. The molecule has 1 aromatic rings. The van der Waals surface area contributed by atoms with Gasteiger partial charge in [0.25, 0.3) is 0 Å². The summed E-state index contributed by atoms with van der Waals surface area (Å²) in [6.07, 6.45) is 0.976. The van der Waals surface area contributed by atoms with Crippen LogP contribution in [0.15, 0.2) is 4.52 Å². The second kappa shape index (κ2) is 5.72. The first-order chi connectivity index (χ1) is 6.72. The molecule has 0 bridgehead atoms. The lowest BCUT2D eigenvalue weighted by atomic mass is 10.2. The molecule has 0 spiro atoms. The smallest absolute Gasteiger partial charge is 0.240 e. The van der Waals surface area contributed by atoms with Gasteiger partial charge in [-0.15, -0.1) is 0 Å². The summed E-state index contributed by atoms with van der Waals surface area (Å²) in [7, 11) is 1.70. The van der Waals surface area contributed by atoms with Gasteiger partial charge in [0.05, 0.1) is 6.54 Å². The molecule has 1 N–H and O–H groups in total. The van der Waals surface area contributed by atoms with E-state index in [0.717, 1.165) is 13.0 Å². The summed E-state index contributed by atoms with van der Waals surface area (Å²) in [4.78, 5) is 4.09. The molecule has 0 fully saturated rings. The van der Waals surface area contributed by atoms with Crippen molar-refractivity contribution < 1.29 is 9.26 Å². The predicted molar refractivity (Wildman–Crippen MR) is 51.8 cm³/mol. The Morgan fingerprint density at radius 3 is 2.93 bits per heavy atom. The van der Waals surface area contributed by atoms with Gasteiger partial charge in [0.1, 0.15) is 0 Å². The lowest BCUT2D eigenvalue weighted by molar-refractivity contribution is 0.184. The molecule has 0 aliphatic rings. The SMILES string of the molecule is COCCC(C)NCc1nc(C)no1. The summed E-state index contributed by atoms with van der Waals surface area (Å²) < 4.78 is 9.94. The fourth-order valence-corrected chi connectivity index (χ4v) is 1.07. The molecule has 0 aliphatic heterocycles. The Labute approximate surface area is 83.8 Å². The zero-order chi connectivity index (χ0) is 10.4. The molecular weight excluding hydrogens is 182 g/mol. The van der Waals surface area contributed by atoms with Crippen LogP contribution < -0.4 is 5.32 Å². The van der Waals surface area contributed by atoms with Crippen LogP contribution in [-0.2, 0) is 11.3 Å². The quantitative estimate of drug-likeness (QED) is 0.737. The molecule has 0 saturated carbocycles. The molecule has 1 unspecified atom stereocenters. The van der Waals surface area contributed by atoms with Gasteiger partial charge in [0.15, 0.2) is 5.82 Å². The predicted octanol–water partition coefficient (Wildman–Crippen LogP) is 0.893. The Morgan fingerprint density at radius 1 is 1.57 bits per heavy atom. The van der Waals surface area contributed by atoms with Gasteiger partial charge in [-0.05, 0) is 20.3 Å². The van der Waals surface area contributed by atoms with Gasteiger partial charge in [-0.2, -0.15) is 4.98 Å². The van der Waals surface area contributed by atoms with Crippen molar-refractivity contribution in [2.75, 3.05) is 13.7 Å². The minimum Gasteiger partial charge on any atom is -0.385 e. The fraction of sp³-hybridized carbons (Fsp3) is 0.778. The average molecular weight is 199 g/mol. The highest BCUT2D eigenvalue weighted by Gasteiger charge is 2.05. The standard InChI is InChI=1S/C9H17N3O2/c1-7(4-5-13-3)10-6-9-11-8(2)12-14-9/h7,10H,4-6H2,1-3H3. The maximum atomic E-state index is 4.98. The van der Waals surface area contributed by atoms with Crippen LogP contribution in [0.3, 0.4) is 0 Å². The molecule has 14 heavy (non-hydrogen) atoms. The zero-order valence-corrected chi connectivity index (χ0v) is 8.91. The number of aromatic nitrogens is 2. The highest BCUT2D eigenvalue weighted by molar-refractivity contribution is 4.82. The first kappa shape index (κ1) is 11.1. The van der Waals surface area contributed by atoms with Crippen LogP contribution in [-0.4, -0.2) is 29.9 Å². The average Bonchev–Trinajstić information content (AvgIpc) is 2.58. The summed E-state index contributed by atoms with van der Waals surface area (Å²) in [5.74, 6) is 1.30. The summed E-state index contributed by atoms with van der Waals surface area (Å²) in [6, 6.07) is 0.391. The second-order valence-electron chi connectivity index (χ2n) is 3.30. The van der Waals surface area contributed by atoms with E-state index in [2.05, 4.69) is 22.4 Å². The number of nitrogens with one attached hydrogen (secondary N) is 1. The van der Waals surface area contributed by atoms with Crippen LogP contribution >= 0.6 is 0 Å². The van der Waals surface area contributed by atoms with Crippen molar-refractivity contribution in [1.29, 1.82) is 0 Å². The Morgan fingerprint density at radius 2 is 2.36 bits per heavy atom. The second-order valence-corrected chi connectivity index (χ2v) is 3.30. The third-order valence-electron chi connectivity index (χ3n) is 1.93. The van der Waals surface area contributed by atoms with Crippen molar-refractivity contribution >= 4 is 0 Å². The summed E-state index contributed by atoms with van der Waals surface area (Å²) in [6.45, 7) is 5.28. The number of methoxy groups -OCH3 is 1. The van der Waals surface area contributed by atoms with Crippen LogP contribution in [0.5, 0.6) is 0 Å². The molecule has 0 aliphatic carbocycles. The van der Waals surface area contributed by atoms with Crippen molar-refractivity contribution in [1.82, 2.24) is 15.5 Å². The normalized spacial score (nSPS) is 13.1. The summed E-state index contributed by atoms with van der Waals surface area (Å²) in [5, 5.41) is 6.98. The van der Waals surface area contributed by atoms with Gasteiger partial charge in [-0.1, -0.05) is 5.16 Å². The van der Waals surface area contributed by atoms with Crippen molar-refractivity contribution in [3.05, 3.63) is 11.7 Å². The van der Waals surface area contributed by atoms with Gasteiger partial charge in [0, 0.05) is 19.8 Å². The minimum atomic E-state index is 0.391. The van der Waals surface area contributed by atoms with E-state index in [1.54, 1.807) is 14.0 Å². The number of rotatable bonds is 6. The first-order valence-corrected chi connectivity index (χ1v) is 4.74. The monoisotopic (exact) mass is 199 g/mol. The van der Waals surface area contributed by atoms with E-state index in [4.69, 9.17) is 9.26 Å². The largest absolute Gasteiger partial charge is 0.385 e. The Bertz CT molecular complexity index is 262. The van der Waals surface area contributed by atoms with Gasteiger partial charge >= 0.3 is 0 Å². The zero-order valence-electron chi connectivity index (χ0n) is 8.91. The highest BCUT2D eigenvalue weighted by Crippen LogP contribution is 1.97. The molecule has 0 amide bonds. The third-order valence-corrected chi connectivity index (χ3v) is 1.93. The van der Waals surface area contributed by atoms with Crippen molar-refractivity contribution in [2.45, 2.75) is 32.9 Å². The molecule has 5 nitrogen and oxygen atoms in total. The van der Waals surface area contributed by atoms with E-state index in [0.29, 0.717) is 24.3 Å². The van der Waals surface area contributed by atoms with E-state index >= 15 is 0 Å². The Kier molecular flexibility index (Phi) is 4.55. The number of hydrogen-bond donors (Lipinski definition) is 1. The molecule has 1 aromatic heterocycles. The lowest BCUT2D eigenvalue weighted by Crippen LogP contribution is -2.26. The molecule has 5 heteroatoms. The molecular formula is C9H17N3O2. The summed E-state index contributed by atoms with van der Waals surface area (Å²) in [5.41, 5.74) is 0. The van der Waals surface area contributed by atoms with Crippen LogP contribution in [0.25, 0.3) is 0 Å². The minimum absolute atomic E-state index is 0.391.